The summed E-state index contributed by atoms with van der Waals surface area (Å²) in [5, 5.41) is 12.8. The number of anilines is 1. The van der Waals surface area contributed by atoms with E-state index in [4.69, 9.17) is 0 Å². The van der Waals surface area contributed by atoms with E-state index in [9.17, 15) is 14.3 Å². The number of carbonyl (C=O) groups is 1. The fourth-order valence-corrected chi connectivity index (χ4v) is 2.84. The van der Waals surface area contributed by atoms with Crippen LogP contribution >= 0.6 is 0 Å². The Morgan fingerprint density at radius 1 is 1.40 bits per heavy atom. The van der Waals surface area contributed by atoms with Gasteiger partial charge < -0.3 is 15.3 Å². The van der Waals surface area contributed by atoms with Crippen LogP contribution < -0.4 is 5.32 Å². The summed E-state index contributed by atoms with van der Waals surface area (Å²) in [6.07, 6.45) is 2.99. The summed E-state index contributed by atoms with van der Waals surface area (Å²) < 4.78 is 13.7. The van der Waals surface area contributed by atoms with Crippen molar-refractivity contribution in [3.05, 3.63) is 29.6 Å². The van der Waals surface area contributed by atoms with Gasteiger partial charge in [-0.25, -0.2) is 4.39 Å². The van der Waals surface area contributed by atoms with Crippen LogP contribution in [-0.4, -0.2) is 42.2 Å². The Hall–Kier alpha value is -1.62. The monoisotopic (exact) mass is 280 g/mol. The van der Waals surface area contributed by atoms with Gasteiger partial charge in [0.1, 0.15) is 5.82 Å². The Morgan fingerprint density at radius 3 is 2.75 bits per heavy atom. The zero-order valence-corrected chi connectivity index (χ0v) is 11.9. The van der Waals surface area contributed by atoms with Crippen LogP contribution in [0.4, 0.5) is 10.1 Å². The van der Waals surface area contributed by atoms with Gasteiger partial charge in [-0.15, -0.1) is 0 Å². The van der Waals surface area contributed by atoms with Gasteiger partial charge in [0.15, 0.2) is 0 Å². The van der Waals surface area contributed by atoms with Gasteiger partial charge in [0.25, 0.3) is 5.91 Å². The molecule has 1 saturated carbocycles. The van der Waals surface area contributed by atoms with E-state index in [2.05, 4.69) is 5.32 Å². The molecule has 5 heteroatoms. The number of amides is 1. The van der Waals surface area contributed by atoms with Gasteiger partial charge in [-0.1, -0.05) is 18.9 Å². The SMILES string of the molecule is CNc1c(F)cccc1C(=O)N(C)C1CCCCC1O. The molecule has 1 aliphatic rings. The Bertz CT molecular complexity index is 493. The van der Waals surface area contributed by atoms with Crippen LogP contribution in [-0.2, 0) is 0 Å². The Morgan fingerprint density at radius 2 is 2.10 bits per heavy atom. The first-order chi connectivity index (χ1) is 9.56. The maximum atomic E-state index is 13.7. The maximum Gasteiger partial charge on any atom is 0.256 e. The van der Waals surface area contributed by atoms with Crippen molar-refractivity contribution in [3.63, 3.8) is 0 Å². The predicted octanol–water partition coefficient (Wildman–Crippen LogP) is 2.24. The third kappa shape index (κ3) is 2.77. The first-order valence-corrected chi connectivity index (χ1v) is 6.97. The maximum absolute atomic E-state index is 13.7. The fourth-order valence-electron chi connectivity index (χ4n) is 2.84. The molecule has 0 spiro atoms. The number of hydrogen-bond donors (Lipinski definition) is 2. The Balaban J connectivity index is 2.24. The van der Waals surface area contributed by atoms with E-state index >= 15 is 0 Å². The highest BCUT2D eigenvalue weighted by atomic mass is 19.1. The molecule has 0 aliphatic heterocycles. The summed E-state index contributed by atoms with van der Waals surface area (Å²) in [6, 6.07) is 4.25. The van der Waals surface area contributed by atoms with E-state index in [1.54, 1.807) is 25.1 Å². The summed E-state index contributed by atoms with van der Waals surface area (Å²) >= 11 is 0. The van der Waals surface area contributed by atoms with Gasteiger partial charge in [-0.2, -0.15) is 0 Å². The minimum absolute atomic E-state index is 0.191. The quantitative estimate of drug-likeness (QED) is 0.893. The molecular formula is C15H21FN2O2. The van der Waals surface area contributed by atoms with E-state index in [-0.39, 0.29) is 17.6 Å². The molecule has 4 nitrogen and oxygen atoms in total. The second kappa shape index (κ2) is 6.22. The molecule has 2 rings (SSSR count). The molecule has 2 atom stereocenters. The number of nitrogens with one attached hydrogen (secondary N) is 1. The molecule has 110 valence electrons. The molecule has 20 heavy (non-hydrogen) atoms. The number of nitrogens with zero attached hydrogens (tertiary/aromatic N) is 1. The molecular weight excluding hydrogens is 259 g/mol. The number of likely N-dealkylation sites (N-methyl/N-ethyl adjacent to an activating group) is 1. The molecule has 0 aromatic heterocycles. The van der Waals surface area contributed by atoms with Gasteiger partial charge in [-0.05, 0) is 25.0 Å². The normalized spacial score (nSPS) is 22.4. The van der Waals surface area contributed by atoms with E-state index < -0.39 is 11.9 Å². The standard InChI is InChI=1S/C15H21FN2O2/c1-17-14-10(6-5-7-11(14)16)15(20)18(2)12-8-3-4-9-13(12)19/h5-7,12-13,17,19H,3-4,8-9H2,1-2H3. The highest BCUT2D eigenvalue weighted by Gasteiger charge is 2.30. The lowest BCUT2D eigenvalue weighted by Crippen LogP contribution is -2.46. The lowest BCUT2D eigenvalue weighted by atomic mass is 9.91. The van der Waals surface area contributed by atoms with Crippen LogP contribution in [0.25, 0.3) is 0 Å². The summed E-state index contributed by atoms with van der Waals surface area (Å²) in [5.41, 5.74) is 0.502. The third-order valence-corrected chi connectivity index (χ3v) is 4.01. The number of halogens is 1. The minimum atomic E-state index is -0.496. The predicted molar refractivity (Wildman–Crippen MR) is 76.3 cm³/mol. The highest BCUT2D eigenvalue weighted by Crippen LogP contribution is 2.26. The van der Waals surface area contributed by atoms with E-state index in [1.807, 2.05) is 0 Å². The first kappa shape index (κ1) is 14.8. The zero-order valence-electron chi connectivity index (χ0n) is 11.9. The lowest BCUT2D eigenvalue weighted by Gasteiger charge is -2.35. The summed E-state index contributed by atoms with van der Waals surface area (Å²) in [4.78, 5) is 14.1. The van der Waals surface area contributed by atoms with Crippen LogP contribution in [0.5, 0.6) is 0 Å². The number of carbonyl (C=O) groups excluding carboxylic acids is 1. The van der Waals surface area contributed by atoms with Crippen LogP contribution in [0.15, 0.2) is 18.2 Å². The lowest BCUT2D eigenvalue weighted by molar-refractivity contribution is 0.0268. The van der Waals surface area contributed by atoms with Crippen LogP contribution in [0.1, 0.15) is 36.0 Å². The van der Waals surface area contributed by atoms with Crippen LogP contribution in [0, 0.1) is 5.82 Å². The molecule has 2 unspecified atom stereocenters. The number of aliphatic hydroxyl groups is 1. The van der Waals surface area contributed by atoms with E-state index in [1.165, 1.54) is 12.1 Å². The van der Waals surface area contributed by atoms with Crippen molar-refractivity contribution in [2.24, 2.45) is 0 Å². The summed E-state index contributed by atoms with van der Waals surface area (Å²) in [7, 11) is 3.26. The molecule has 0 bridgehead atoms. The minimum Gasteiger partial charge on any atom is -0.391 e. The zero-order chi connectivity index (χ0) is 14.7. The number of hydrogen-bond acceptors (Lipinski definition) is 3. The van der Waals surface area contributed by atoms with Gasteiger partial charge in [-0.3, -0.25) is 4.79 Å². The number of aliphatic hydroxyl groups excluding tert-OH is 1. The first-order valence-electron chi connectivity index (χ1n) is 6.97. The fraction of sp³-hybridized carbons (Fsp3) is 0.533. The molecule has 1 fully saturated rings. The number of para-hydroxylation sites is 1. The van der Waals surface area contributed by atoms with Crippen molar-refractivity contribution >= 4 is 11.6 Å². The number of rotatable bonds is 3. The smallest absolute Gasteiger partial charge is 0.256 e. The van der Waals surface area contributed by atoms with Crippen molar-refractivity contribution in [2.45, 2.75) is 37.8 Å². The van der Waals surface area contributed by atoms with E-state index in [0.29, 0.717) is 12.0 Å². The Labute approximate surface area is 118 Å². The topological polar surface area (TPSA) is 52.6 Å². The van der Waals surface area contributed by atoms with Gasteiger partial charge in [0.2, 0.25) is 0 Å². The second-order valence-electron chi connectivity index (χ2n) is 5.25. The van der Waals surface area contributed by atoms with Gasteiger partial charge in [0, 0.05) is 14.1 Å². The average Bonchev–Trinajstić information content (AvgIpc) is 2.46. The van der Waals surface area contributed by atoms with Crippen molar-refractivity contribution in [1.29, 1.82) is 0 Å². The molecule has 0 radical (unpaired) electrons. The molecule has 1 amide bonds. The molecule has 0 heterocycles. The molecule has 1 aromatic rings. The molecule has 1 aliphatic carbocycles. The van der Waals surface area contributed by atoms with Crippen molar-refractivity contribution in [1.82, 2.24) is 4.90 Å². The van der Waals surface area contributed by atoms with Gasteiger partial charge >= 0.3 is 0 Å². The summed E-state index contributed by atoms with van der Waals surface area (Å²) in [6.45, 7) is 0. The number of benzene rings is 1. The van der Waals surface area contributed by atoms with Crippen LogP contribution in [0.3, 0.4) is 0 Å². The molecule has 2 N–H and O–H groups in total. The highest BCUT2D eigenvalue weighted by molar-refractivity contribution is 5.99. The van der Waals surface area contributed by atoms with Crippen molar-refractivity contribution in [2.75, 3.05) is 19.4 Å². The van der Waals surface area contributed by atoms with Crippen molar-refractivity contribution in [3.8, 4) is 0 Å². The molecule has 1 aromatic carbocycles. The van der Waals surface area contributed by atoms with Gasteiger partial charge in [0.05, 0.1) is 23.4 Å². The second-order valence-corrected chi connectivity index (χ2v) is 5.25. The summed E-state index contributed by atoms with van der Waals surface area (Å²) in [5.74, 6) is -0.712. The Kier molecular flexibility index (Phi) is 4.60. The molecule has 0 saturated heterocycles. The average molecular weight is 280 g/mol. The third-order valence-electron chi connectivity index (χ3n) is 4.01. The van der Waals surface area contributed by atoms with Crippen LogP contribution in [0.2, 0.25) is 0 Å². The largest absolute Gasteiger partial charge is 0.391 e. The van der Waals surface area contributed by atoms with E-state index in [0.717, 1.165) is 19.3 Å². The van der Waals surface area contributed by atoms with Crippen molar-refractivity contribution < 1.29 is 14.3 Å².